The molecule has 0 fully saturated rings. The van der Waals surface area contributed by atoms with E-state index in [4.69, 9.17) is 9.84 Å². The zero-order valence-corrected chi connectivity index (χ0v) is 12.7. The number of nitrogens with one attached hydrogen (secondary N) is 1. The molecule has 1 atom stereocenters. The zero-order chi connectivity index (χ0) is 15.1. The highest BCUT2D eigenvalue weighted by Gasteiger charge is 2.21. The lowest BCUT2D eigenvalue weighted by Gasteiger charge is -2.28. The first kappa shape index (κ1) is 16.5. The van der Waals surface area contributed by atoms with Gasteiger partial charge in [0, 0.05) is 19.7 Å². The van der Waals surface area contributed by atoms with E-state index in [1.54, 1.807) is 17.4 Å². The molecule has 1 heterocycles. The van der Waals surface area contributed by atoms with Crippen molar-refractivity contribution in [1.82, 2.24) is 4.90 Å². The summed E-state index contributed by atoms with van der Waals surface area (Å²) in [4.78, 5) is 24.9. The number of carbonyl (C=O) groups excluding carboxylic acids is 1. The summed E-state index contributed by atoms with van der Waals surface area (Å²) < 4.78 is 5.00. The molecule has 0 aliphatic heterocycles. The minimum Gasteiger partial charge on any atom is -0.478 e. The van der Waals surface area contributed by atoms with Crippen LogP contribution in [-0.4, -0.2) is 48.3 Å². The van der Waals surface area contributed by atoms with Crippen molar-refractivity contribution in [3.05, 3.63) is 17.0 Å². The fraction of sp³-hybridized carbons (Fsp3) is 0.538. The molecule has 0 aliphatic rings. The molecule has 1 rings (SSSR count). The van der Waals surface area contributed by atoms with Gasteiger partial charge in [-0.05, 0) is 24.8 Å². The Kier molecular flexibility index (Phi) is 6.47. The van der Waals surface area contributed by atoms with Gasteiger partial charge in [0.05, 0.1) is 12.2 Å². The number of carboxylic acids is 1. The number of carbonyl (C=O) groups is 2. The second-order valence-electron chi connectivity index (χ2n) is 4.34. The average molecular weight is 300 g/mol. The molecule has 0 spiro atoms. The largest absolute Gasteiger partial charge is 0.478 e. The van der Waals surface area contributed by atoms with Crippen LogP contribution >= 0.6 is 11.3 Å². The Morgan fingerprint density at radius 3 is 2.80 bits per heavy atom. The number of urea groups is 1. The Morgan fingerprint density at radius 1 is 1.55 bits per heavy atom. The fourth-order valence-electron chi connectivity index (χ4n) is 1.68. The van der Waals surface area contributed by atoms with E-state index in [1.165, 1.54) is 17.4 Å². The van der Waals surface area contributed by atoms with E-state index in [0.29, 0.717) is 18.2 Å². The van der Waals surface area contributed by atoms with Crippen LogP contribution < -0.4 is 5.32 Å². The standard InChI is InChI=1S/C13H20N2O4S/c1-4-9(2)15(6-7-19-3)13(18)14-11-10(12(16)17)5-8-20-11/h5,8-9H,4,6-7H2,1-3H3,(H,14,18)(H,16,17). The van der Waals surface area contributed by atoms with Gasteiger partial charge >= 0.3 is 12.0 Å². The van der Waals surface area contributed by atoms with E-state index in [9.17, 15) is 9.59 Å². The number of methoxy groups -OCH3 is 1. The number of rotatable bonds is 7. The van der Waals surface area contributed by atoms with Crippen molar-refractivity contribution in [3.63, 3.8) is 0 Å². The van der Waals surface area contributed by atoms with Gasteiger partial charge in [-0.25, -0.2) is 9.59 Å². The lowest BCUT2D eigenvalue weighted by molar-refractivity contribution is 0.0698. The van der Waals surface area contributed by atoms with Crippen LogP contribution in [0, 0.1) is 0 Å². The van der Waals surface area contributed by atoms with Crippen LogP contribution in [0.4, 0.5) is 9.80 Å². The number of carboxylic acid groups (broad SMARTS) is 1. The molecule has 20 heavy (non-hydrogen) atoms. The van der Waals surface area contributed by atoms with Crippen LogP contribution in [0.5, 0.6) is 0 Å². The smallest absolute Gasteiger partial charge is 0.338 e. The SMILES string of the molecule is CCC(C)N(CCOC)C(=O)Nc1sccc1C(=O)O. The van der Waals surface area contributed by atoms with E-state index in [0.717, 1.165) is 6.42 Å². The molecular weight excluding hydrogens is 280 g/mol. The van der Waals surface area contributed by atoms with Gasteiger partial charge in [0.15, 0.2) is 0 Å². The summed E-state index contributed by atoms with van der Waals surface area (Å²) in [5, 5.41) is 13.7. The minimum absolute atomic E-state index is 0.0541. The minimum atomic E-state index is -1.05. The number of aromatic carboxylic acids is 1. The van der Waals surface area contributed by atoms with Gasteiger partial charge in [0.25, 0.3) is 0 Å². The maximum absolute atomic E-state index is 12.3. The molecule has 0 bridgehead atoms. The molecule has 0 saturated heterocycles. The molecule has 7 heteroatoms. The molecular formula is C13H20N2O4S. The molecule has 6 nitrogen and oxygen atoms in total. The number of anilines is 1. The molecule has 1 aromatic heterocycles. The molecule has 0 aromatic carbocycles. The Bertz CT molecular complexity index is 461. The number of hydrogen-bond acceptors (Lipinski definition) is 4. The third-order valence-electron chi connectivity index (χ3n) is 3.04. The van der Waals surface area contributed by atoms with Crippen molar-refractivity contribution in [2.45, 2.75) is 26.3 Å². The summed E-state index contributed by atoms with van der Waals surface area (Å²) >= 11 is 1.20. The van der Waals surface area contributed by atoms with Gasteiger partial charge in [-0.2, -0.15) is 0 Å². The Morgan fingerprint density at radius 2 is 2.25 bits per heavy atom. The number of hydrogen-bond donors (Lipinski definition) is 2. The van der Waals surface area contributed by atoms with Crippen molar-refractivity contribution >= 4 is 28.3 Å². The van der Waals surface area contributed by atoms with Crippen molar-refractivity contribution < 1.29 is 19.4 Å². The quantitative estimate of drug-likeness (QED) is 0.811. The van der Waals surface area contributed by atoms with Gasteiger partial charge in [-0.1, -0.05) is 6.92 Å². The topological polar surface area (TPSA) is 78.9 Å². The molecule has 112 valence electrons. The number of amides is 2. The second kappa shape index (κ2) is 7.86. The zero-order valence-electron chi connectivity index (χ0n) is 11.9. The van der Waals surface area contributed by atoms with Crippen molar-refractivity contribution in [1.29, 1.82) is 0 Å². The Hall–Kier alpha value is -1.60. The third kappa shape index (κ3) is 4.21. The van der Waals surface area contributed by atoms with Crippen LogP contribution in [0.1, 0.15) is 30.6 Å². The number of thiophene rings is 1. The summed E-state index contributed by atoms with van der Waals surface area (Å²) in [7, 11) is 1.58. The average Bonchev–Trinajstić information content (AvgIpc) is 2.87. The van der Waals surface area contributed by atoms with Crippen LogP contribution in [0.25, 0.3) is 0 Å². The first-order chi connectivity index (χ1) is 9.51. The highest BCUT2D eigenvalue weighted by atomic mass is 32.1. The van der Waals surface area contributed by atoms with E-state index in [-0.39, 0.29) is 17.6 Å². The normalized spacial score (nSPS) is 11.9. The van der Waals surface area contributed by atoms with Crippen molar-refractivity contribution in [2.75, 3.05) is 25.6 Å². The molecule has 0 aliphatic carbocycles. The van der Waals surface area contributed by atoms with Crippen LogP contribution in [0.15, 0.2) is 11.4 Å². The van der Waals surface area contributed by atoms with E-state index >= 15 is 0 Å². The van der Waals surface area contributed by atoms with Gasteiger partial charge in [-0.3, -0.25) is 5.32 Å². The van der Waals surface area contributed by atoms with Gasteiger partial charge in [-0.15, -0.1) is 11.3 Å². The number of ether oxygens (including phenoxy) is 1. The maximum Gasteiger partial charge on any atom is 0.338 e. The molecule has 0 saturated carbocycles. The van der Waals surface area contributed by atoms with Gasteiger partial charge in [0.1, 0.15) is 5.00 Å². The predicted molar refractivity (Wildman–Crippen MR) is 78.6 cm³/mol. The summed E-state index contributed by atoms with van der Waals surface area (Å²) in [6.45, 7) is 4.84. The van der Waals surface area contributed by atoms with E-state index in [1.807, 2.05) is 13.8 Å². The van der Waals surface area contributed by atoms with Crippen LogP contribution in [0.3, 0.4) is 0 Å². The number of nitrogens with zero attached hydrogens (tertiary/aromatic N) is 1. The molecule has 1 unspecified atom stereocenters. The summed E-state index contributed by atoms with van der Waals surface area (Å²) in [6, 6.07) is 1.23. The third-order valence-corrected chi connectivity index (χ3v) is 3.87. The highest BCUT2D eigenvalue weighted by Crippen LogP contribution is 2.23. The van der Waals surface area contributed by atoms with Crippen LogP contribution in [0.2, 0.25) is 0 Å². The molecule has 2 N–H and O–H groups in total. The Balaban J connectivity index is 2.79. The summed E-state index contributed by atoms with van der Waals surface area (Å²) in [6.07, 6.45) is 0.813. The maximum atomic E-state index is 12.3. The summed E-state index contributed by atoms with van der Waals surface area (Å²) in [5.41, 5.74) is 0.110. The predicted octanol–water partition coefficient (Wildman–Crippen LogP) is 2.73. The fourth-order valence-corrected chi connectivity index (χ4v) is 2.44. The molecule has 2 amide bonds. The summed E-state index contributed by atoms with van der Waals surface area (Å²) in [5.74, 6) is -1.05. The van der Waals surface area contributed by atoms with E-state index < -0.39 is 5.97 Å². The highest BCUT2D eigenvalue weighted by molar-refractivity contribution is 7.14. The molecule has 1 aromatic rings. The van der Waals surface area contributed by atoms with Crippen LogP contribution in [-0.2, 0) is 4.74 Å². The van der Waals surface area contributed by atoms with Gasteiger partial charge in [0.2, 0.25) is 0 Å². The monoisotopic (exact) mass is 300 g/mol. The first-order valence-corrected chi connectivity index (χ1v) is 7.26. The van der Waals surface area contributed by atoms with E-state index in [2.05, 4.69) is 5.32 Å². The first-order valence-electron chi connectivity index (χ1n) is 6.38. The second-order valence-corrected chi connectivity index (χ2v) is 5.26. The van der Waals surface area contributed by atoms with Crippen molar-refractivity contribution in [2.24, 2.45) is 0 Å². The molecule has 0 radical (unpaired) electrons. The van der Waals surface area contributed by atoms with Crippen molar-refractivity contribution in [3.8, 4) is 0 Å². The lowest BCUT2D eigenvalue weighted by atomic mass is 10.2. The Labute approximate surface area is 122 Å². The lowest BCUT2D eigenvalue weighted by Crippen LogP contribution is -2.43. The van der Waals surface area contributed by atoms with Gasteiger partial charge < -0.3 is 14.7 Å².